The van der Waals surface area contributed by atoms with Crippen LogP contribution in [-0.4, -0.2) is 22.3 Å². The molecule has 0 unspecified atom stereocenters. The van der Waals surface area contributed by atoms with Gasteiger partial charge in [0.15, 0.2) is 0 Å². The van der Waals surface area contributed by atoms with E-state index in [-0.39, 0.29) is 11.7 Å². The lowest BCUT2D eigenvalue weighted by Gasteiger charge is -2.09. The van der Waals surface area contributed by atoms with E-state index in [0.717, 1.165) is 11.3 Å². The number of nitrogens with zero attached hydrogens (tertiary/aromatic N) is 2. The normalized spacial score (nSPS) is 11.3. The average molecular weight is 466 g/mol. The Hall–Kier alpha value is -2.90. The molecule has 0 radical (unpaired) electrons. The number of alkyl halides is 2. The van der Waals surface area contributed by atoms with E-state index >= 15 is 0 Å². The van der Waals surface area contributed by atoms with Gasteiger partial charge >= 0.3 is 6.61 Å². The maximum atomic E-state index is 12.4. The zero-order chi connectivity index (χ0) is 22.5. The number of benzene rings is 2. The van der Waals surface area contributed by atoms with Crippen LogP contribution >= 0.6 is 23.2 Å². The first-order chi connectivity index (χ1) is 14.7. The molecule has 162 valence electrons. The Balaban J connectivity index is 1.70. The van der Waals surface area contributed by atoms with Gasteiger partial charge in [-0.15, -0.1) is 0 Å². The largest absolute Gasteiger partial charge is 0.435 e. The first-order valence-electron chi connectivity index (χ1n) is 9.25. The lowest BCUT2D eigenvalue weighted by atomic mass is 10.2. The van der Waals surface area contributed by atoms with Gasteiger partial charge in [0.25, 0.3) is 0 Å². The molecule has 3 aromatic rings. The summed E-state index contributed by atoms with van der Waals surface area (Å²) in [6, 6.07) is 11.2. The van der Waals surface area contributed by atoms with Gasteiger partial charge in [-0.3, -0.25) is 9.48 Å². The highest BCUT2D eigenvalue weighted by Gasteiger charge is 2.15. The van der Waals surface area contributed by atoms with E-state index < -0.39 is 6.61 Å². The summed E-state index contributed by atoms with van der Waals surface area (Å²) < 4.78 is 30.4. The van der Waals surface area contributed by atoms with E-state index in [2.05, 4.69) is 15.2 Å². The van der Waals surface area contributed by atoms with Crippen molar-refractivity contribution in [1.29, 1.82) is 0 Å². The number of amides is 1. The minimum atomic E-state index is -2.88. The van der Waals surface area contributed by atoms with E-state index in [1.54, 1.807) is 48.0 Å². The van der Waals surface area contributed by atoms with E-state index in [4.69, 9.17) is 23.2 Å². The van der Waals surface area contributed by atoms with Crippen LogP contribution in [0.3, 0.4) is 0 Å². The predicted molar refractivity (Wildman–Crippen MR) is 118 cm³/mol. The summed E-state index contributed by atoms with van der Waals surface area (Å²) in [6.07, 6.45) is 2.92. The molecule has 0 saturated heterocycles. The molecule has 1 amide bonds. The SMILES string of the molecule is Cc1nn(Cc2c(Cl)cccc2Cl)c(C)c1NC(=O)/C=C\c1ccc(OC(F)F)cc1. The molecule has 5 nitrogen and oxygen atoms in total. The van der Waals surface area contributed by atoms with E-state index in [1.807, 2.05) is 6.92 Å². The number of hydrogen-bond acceptors (Lipinski definition) is 3. The molecule has 1 heterocycles. The second-order valence-electron chi connectivity index (χ2n) is 6.67. The van der Waals surface area contributed by atoms with Gasteiger partial charge in [0.1, 0.15) is 5.75 Å². The molecular weight excluding hydrogens is 447 g/mol. The molecular formula is C22H19Cl2F2N3O2. The number of hydrogen-bond donors (Lipinski definition) is 1. The average Bonchev–Trinajstić information content (AvgIpc) is 2.97. The summed E-state index contributed by atoms with van der Waals surface area (Å²) >= 11 is 12.5. The van der Waals surface area contributed by atoms with E-state index in [0.29, 0.717) is 33.5 Å². The van der Waals surface area contributed by atoms with Crippen molar-refractivity contribution in [2.75, 3.05) is 5.32 Å². The minimum absolute atomic E-state index is 0.0499. The smallest absolute Gasteiger partial charge is 0.387 e. The molecule has 0 aliphatic carbocycles. The van der Waals surface area contributed by atoms with Gasteiger partial charge in [0.05, 0.1) is 23.6 Å². The number of anilines is 1. The molecule has 0 aliphatic heterocycles. The van der Waals surface area contributed by atoms with Crippen molar-refractivity contribution in [2.45, 2.75) is 27.0 Å². The van der Waals surface area contributed by atoms with Gasteiger partial charge in [0, 0.05) is 21.7 Å². The number of rotatable bonds is 7. The fraction of sp³-hybridized carbons (Fsp3) is 0.182. The monoisotopic (exact) mass is 465 g/mol. The maximum Gasteiger partial charge on any atom is 0.387 e. The Morgan fingerprint density at radius 3 is 2.42 bits per heavy atom. The fourth-order valence-corrected chi connectivity index (χ4v) is 3.48. The maximum absolute atomic E-state index is 12.4. The highest BCUT2D eigenvalue weighted by atomic mass is 35.5. The van der Waals surface area contributed by atoms with Gasteiger partial charge in [-0.05, 0) is 49.8 Å². The van der Waals surface area contributed by atoms with Crippen molar-refractivity contribution in [3.8, 4) is 5.75 Å². The summed E-state index contributed by atoms with van der Waals surface area (Å²) in [6.45, 7) is 1.11. The Morgan fingerprint density at radius 2 is 1.81 bits per heavy atom. The molecule has 0 bridgehead atoms. The van der Waals surface area contributed by atoms with Crippen LogP contribution in [0.15, 0.2) is 48.5 Å². The first kappa shape index (κ1) is 22.8. The highest BCUT2D eigenvalue weighted by molar-refractivity contribution is 6.36. The molecule has 9 heteroatoms. The van der Waals surface area contributed by atoms with Crippen LogP contribution in [-0.2, 0) is 11.3 Å². The third kappa shape index (κ3) is 5.83. The van der Waals surface area contributed by atoms with E-state index in [9.17, 15) is 13.6 Å². The predicted octanol–water partition coefficient (Wildman–Crippen LogP) is 6.11. The topological polar surface area (TPSA) is 56.2 Å². The molecule has 2 aromatic carbocycles. The van der Waals surface area contributed by atoms with Crippen LogP contribution in [0, 0.1) is 13.8 Å². The van der Waals surface area contributed by atoms with Crippen molar-refractivity contribution in [1.82, 2.24) is 9.78 Å². The molecule has 0 fully saturated rings. The van der Waals surface area contributed by atoms with Crippen LogP contribution < -0.4 is 10.1 Å². The summed E-state index contributed by atoms with van der Waals surface area (Å²) in [4.78, 5) is 12.4. The molecule has 31 heavy (non-hydrogen) atoms. The Bertz CT molecular complexity index is 1090. The molecule has 1 aromatic heterocycles. The van der Waals surface area contributed by atoms with Gasteiger partial charge in [0.2, 0.25) is 5.91 Å². The van der Waals surface area contributed by atoms with Gasteiger partial charge in [-0.25, -0.2) is 0 Å². The van der Waals surface area contributed by atoms with Gasteiger partial charge < -0.3 is 10.1 Å². The van der Waals surface area contributed by atoms with Gasteiger partial charge in [-0.2, -0.15) is 13.9 Å². The first-order valence-corrected chi connectivity index (χ1v) is 10.0. The molecule has 0 aliphatic rings. The Kier molecular flexibility index (Phi) is 7.30. The number of aromatic nitrogens is 2. The summed E-state index contributed by atoms with van der Waals surface area (Å²) in [7, 11) is 0. The number of aryl methyl sites for hydroxylation is 1. The van der Waals surface area contributed by atoms with Crippen molar-refractivity contribution in [3.63, 3.8) is 0 Å². The quantitative estimate of drug-likeness (QED) is 0.428. The summed E-state index contributed by atoms with van der Waals surface area (Å²) in [5.41, 5.74) is 3.40. The third-order valence-electron chi connectivity index (χ3n) is 4.53. The second-order valence-corrected chi connectivity index (χ2v) is 7.49. The minimum Gasteiger partial charge on any atom is -0.435 e. The van der Waals surface area contributed by atoms with Crippen LogP contribution in [0.2, 0.25) is 10.0 Å². The zero-order valence-corrected chi connectivity index (χ0v) is 18.2. The van der Waals surface area contributed by atoms with Crippen LogP contribution in [0.25, 0.3) is 6.08 Å². The molecule has 1 N–H and O–H groups in total. The van der Waals surface area contributed by atoms with Crippen LogP contribution in [0.1, 0.15) is 22.5 Å². The molecule has 0 saturated carbocycles. The summed E-state index contributed by atoms with van der Waals surface area (Å²) in [5, 5.41) is 8.38. The lowest BCUT2D eigenvalue weighted by molar-refractivity contribution is -0.111. The highest BCUT2D eigenvalue weighted by Crippen LogP contribution is 2.27. The summed E-state index contributed by atoms with van der Waals surface area (Å²) in [5.74, 6) is -0.302. The van der Waals surface area contributed by atoms with Crippen molar-refractivity contribution >= 4 is 40.9 Å². The lowest BCUT2D eigenvalue weighted by Crippen LogP contribution is -2.10. The second kappa shape index (κ2) is 9.94. The van der Waals surface area contributed by atoms with Crippen molar-refractivity contribution < 1.29 is 18.3 Å². The van der Waals surface area contributed by atoms with E-state index in [1.165, 1.54) is 18.2 Å². The Morgan fingerprint density at radius 1 is 1.16 bits per heavy atom. The van der Waals surface area contributed by atoms with Crippen molar-refractivity contribution in [2.24, 2.45) is 0 Å². The standard InChI is InChI=1S/C22H19Cl2F2N3O2/c1-13-21(14(2)29(28-13)12-17-18(23)4-3-5-19(17)24)27-20(30)11-8-15-6-9-16(10-7-15)31-22(25)26/h3-11,22H,12H2,1-2H3,(H,27,30)/b11-8-. The number of ether oxygens (including phenoxy) is 1. The number of carbonyl (C=O) groups excluding carboxylic acids is 1. The van der Waals surface area contributed by atoms with Crippen LogP contribution in [0.5, 0.6) is 5.75 Å². The third-order valence-corrected chi connectivity index (χ3v) is 5.24. The molecule has 3 rings (SSSR count). The van der Waals surface area contributed by atoms with Gasteiger partial charge in [-0.1, -0.05) is 41.4 Å². The fourth-order valence-electron chi connectivity index (χ4n) is 2.96. The number of halogens is 4. The van der Waals surface area contributed by atoms with Crippen molar-refractivity contribution in [3.05, 3.63) is 81.1 Å². The molecule has 0 spiro atoms. The zero-order valence-electron chi connectivity index (χ0n) is 16.7. The number of nitrogens with one attached hydrogen (secondary N) is 1. The van der Waals surface area contributed by atoms with Crippen LogP contribution in [0.4, 0.5) is 14.5 Å². The number of carbonyl (C=O) groups is 1. The Labute approximate surface area is 188 Å². The molecule has 0 atom stereocenters.